The molecule has 0 fully saturated rings. The summed E-state index contributed by atoms with van der Waals surface area (Å²) in [7, 11) is 0. The third kappa shape index (κ3) is 9.44. The number of carbonyl (C=O) groups excluding carboxylic acids is 1. The fourth-order valence-corrected chi connectivity index (χ4v) is 0.908. The third-order valence-electron chi connectivity index (χ3n) is 1.67. The van der Waals surface area contributed by atoms with Crippen molar-refractivity contribution in [3.63, 3.8) is 0 Å². The number of nitrogens with two attached hydrogens (primary N) is 1. The largest absolute Gasteiger partial charge is 0.387 e. The number of aliphatic hydroxyl groups excluding tert-OH is 1. The first kappa shape index (κ1) is 13.4. The van der Waals surface area contributed by atoms with E-state index >= 15 is 0 Å². The number of hydrogen-bond donors (Lipinski definition) is 3. The summed E-state index contributed by atoms with van der Waals surface area (Å²) in [4.78, 5) is 10.6. The molecule has 0 aliphatic heterocycles. The van der Waals surface area contributed by atoms with Crippen molar-refractivity contribution < 1.29 is 14.6 Å². The minimum absolute atomic E-state index is 0.340. The van der Waals surface area contributed by atoms with Crippen LogP contribution in [-0.2, 0) is 9.53 Å². The Kier molecular flexibility index (Phi) is 9.95. The summed E-state index contributed by atoms with van der Waals surface area (Å²) in [5.74, 6) is -0.340. The summed E-state index contributed by atoms with van der Waals surface area (Å²) in [6.45, 7) is 2.17. The Balaban J connectivity index is 2.95. The molecule has 0 aliphatic rings. The Bertz CT molecular complexity index is 142. The normalized spacial score (nSPS) is 10.1. The van der Waals surface area contributed by atoms with Crippen LogP contribution in [0.3, 0.4) is 0 Å². The van der Waals surface area contributed by atoms with E-state index in [1.807, 2.05) is 0 Å². The zero-order chi connectivity index (χ0) is 10.6. The van der Waals surface area contributed by atoms with Crippen LogP contribution >= 0.6 is 0 Å². The first-order chi connectivity index (χ1) is 6.81. The molecule has 0 aromatic heterocycles. The minimum atomic E-state index is -0.447. The van der Waals surface area contributed by atoms with Crippen molar-refractivity contribution in [1.82, 2.24) is 5.32 Å². The van der Waals surface area contributed by atoms with Crippen LogP contribution in [-0.4, -0.2) is 43.9 Å². The highest BCUT2D eigenvalue weighted by atomic mass is 16.5. The molecule has 5 heteroatoms. The highest BCUT2D eigenvalue weighted by molar-refractivity contribution is 5.76. The molecule has 0 rings (SSSR count). The lowest BCUT2D eigenvalue weighted by Gasteiger charge is -2.04. The highest BCUT2D eigenvalue weighted by Gasteiger charge is 1.95. The molecule has 0 radical (unpaired) electrons. The van der Waals surface area contributed by atoms with Gasteiger partial charge in [0, 0.05) is 19.8 Å². The number of aliphatic hydroxyl groups is 1. The van der Waals surface area contributed by atoms with Crippen molar-refractivity contribution in [2.75, 3.05) is 32.9 Å². The summed E-state index contributed by atoms with van der Waals surface area (Å²) >= 11 is 0. The maximum atomic E-state index is 10.6. The van der Waals surface area contributed by atoms with E-state index < -0.39 is 6.61 Å². The van der Waals surface area contributed by atoms with E-state index in [0.29, 0.717) is 19.7 Å². The third-order valence-corrected chi connectivity index (χ3v) is 1.67. The number of unbranched alkanes of at least 4 members (excludes halogenated alkanes) is 1. The fourth-order valence-electron chi connectivity index (χ4n) is 0.908. The molecule has 0 spiro atoms. The number of rotatable bonds is 9. The molecule has 5 nitrogen and oxygen atoms in total. The predicted molar refractivity (Wildman–Crippen MR) is 53.8 cm³/mol. The van der Waals surface area contributed by atoms with Crippen molar-refractivity contribution in [3.05, 3.63) is 0 Å². The predicted octanol–water partition coefficient (Wildman–Crippen LogP) is -0.759. The molecule has 0 unspecified atom stereocenters. The lowest BCUT2D eigenvalue weighted by atomic mass is 10.3. The second-order valence-corrected chi connectivity index (χ2v) is 2.97. The van der Waals surface area contributed by atoms with Crippen molar-refractivity contribution in [2.24, 2.45) is 5.73 Å². The molecule has 0 heterocycles. The lowest BCUT2D eigenvalue weighted by molar-refractivity contribution is -0.123. The van der Waals surface area contributed by atoms with Crippen LogP contribution in [0.5, 0.6) is 0 Å². The fraction of sp³-hybridized carbons (Fsp3) is 0.889. The summed E-state index contributed by atoms with van der Waals surface area (Å²) < 4.78 is 5.28. The van der Waals surface area contributed by atoms with Gasteiger partial charge < -0.3 is 20.9 Å². The van der Waals surface area contributed by atoms with Gasteiger partial charge in [-0.1, -0.05) is 0 Å². The topological polar surface area (TPSA) is 84.6 Å². The van der Waals surface area contributed by atoms with Crippen LogP contribution in [0.1, 0.15) is 19.3 Å². The Morgan fingerprint density at radius 1 is 1.29 bits per heavy atom. The van der Waals surface area contributed by atoms with Gasteiger partial charge in [-0.25, -0.2) is 0 Å². The summed E-state index contributed by atoms with van der Waals surface area (Å²) in [5, 5.41) is 10.9. The SMILES string of the molecule is NCCCCOCCCNC(=O)CO. The minimum Gasteiger partial charge on any atom is -0.387 e. The van der Waals surface area contributed by atoms with Crippen LogP contribution in [0.25, 0.3) is 0 Å². The van der Waals surface area contributed by atoms with Crippen LogP contribution in [0.2, 0.25) is 0 Å². The molecular weight excluding hydrogens is 184 g/mol. The molecule has 0 aliphatic carbocycles. The summed E-state index contributed by atoms with van der Waals surface area (Å²) in [5.41, 5.74) is 5.31. The van der Waals surface area contributed by atoms with Gasteiger partial charge in [0.25, 0.3) is 0 Å². The van der Waals surface area contributed by atoms with E-state index in [9.17, 15) is 4.79 Å². The molecule has 0 atom stereocenters. The van der Waals surface area contributed by atoms with Gasteiger partial charge in [0.15, 0.2) is 0 Å². The quantitative estimate of drug-likeness (QED) is 0.431. The molecule has 0 bridgehead atoms. The molecule has 0 saturated heterocycles. The van der Waals surface area contributed by atoms with Crippen molar-refractivity contribution in [3.8, 4) is 0 Å². The lowest BCUT2D eigenvalue weighted by Crippen LogP contribution is -2.27. The highest BCUT2D eigenvalue weighted by Crippen LogP contribution is 1.88. The second kappa shape index (κ2) is 10.4. The maximum absolute atomic E-state index is 10.6. The molecule has 0 saturated carbocycles. The van der Waals surface area contributed by atoms with Gasteiger partial charge >= 0.3 is 0 Å². The van der Waals surface area contributed by atoms with E-state index in [-0.39, 0.29) is 5.91 Å². The van der Waals surface area contributed by atoms with E-state index in [0.717, 1.165) is 25.9 Å². The second-order valence-electron chi connectivity index (χ2n) is 2.97. The van der Waals surface area contributed by atoms with Gasteiger partial charge in [-0.2, -0.15) is 0 Å². The van der Waals surface area contributed by atoms with Crippen molar-refractivity contribution >= 4 is 5.91 Å². The summed E-state index contributed by atoms with van der Waals surface area (Å²) in [6.07, 6.45) is 2.75. The number of carbonyl (C=O) groups is 1. The zero-order valence-corrected chi connectivity index (χ0v) is 8.50. The number of nitrogens with one attached hydrogen (secondary N) is 1. The van der Waals surface area contributed by atoms with E-state index in [1.165, 1.54) is 0 Å². The van der Waals surface area contributed by atoms with Crippen LogP contribution in [0, 0.1) is 0 Å². The maximum Gasteiger partial charge on any atom is 0.245 e. The van der Waals surface area contributed by atoms with Gasteiger partial charge in [0.1, 0.15) is 6.61 Å². The van der Waals surface area contributed by atoms with Gasteiger partial charge in [-0.05, 0) is 25.8 Å². The van der Waals surface area contributed by atoms with Gasteiger partial charge in [0.05, 0.1) is 0 Å². The number of amides is 1. The van der Waals surface area contributed by atoms with Crippen LogP contribution in [0.4, 0.5) is 0 Å². The van der Waals surface area contributed by atoms with E-state index in [4.69, 9.17) is 15.6 Å². The van der Waals surface area contributed by atoms with Crippen molar-refractivity contribution in [1.29, 1.82) is 0 Å². The van der Waals surface area contributed by atoms with Gasteiger partial charge in [0.2, 0.25) is 5.91 Å². The van der Waals surface area contributed by atoms with Gasteiger partial charge in [-0.3, -0.25) is 4.79 Å². The summed E-state index contributed by atoms with van der Waals surface area (Å²) in [6, 6.07) is 0. The Morgan fingerprint density at radius 3 is 2.64 bits per heavy atom. The first-order valence-electron chi connectivity index (χ1n) is 4.96. The van der Waals surface area contributed by atoms with Gasteiger partial charge in [-0.15, -0.1) is 0 Å². The molecule has 4 N–H and O–H groups in total. The van der Waals surface area contributed by atoms with E-state index in [2.05, 4.69) is 5.32 Å². The molecule has 84 valence electrons. The number of hydrogen-bond acceptors (Lipinski definition) is 4. The molecule has 1 amide bonds. The average Bonchev–Trinajstić information content (AvgIpc) is 2.21. The molecule has 14 heavy (non-hydrogen) atoms. The Hall–Kier alpha value is -0.650. The van der Waals surface area contributed by atoms with Crippen molar-refractivity contribution in [2.45, 2.75) is 19.3 Å². The Morgan fingerprint density at radius 2 is 2.00 bits per heavy atom. The standard InChI is InChI=1S/C9H20N2O3/c10-4-1-2-6-14-7-3-5-11-9(13)8-12/h12H,1-8,10H2,(H,11,13). The Labute approximate surface area is 84.6 Å². The van der Waals surface area contributed by atoms with E-state index in [1.54, 1.807) is 0 Å². The smallest absolute Gasteiger partial charge is 0.245 e. The molecular formula is C9H20N2O3. The molecule has 0 aromatic rings. The molecule has 0 aromatic carbocycles. The first-order valence-corrected chi connectivity index (χ1v) is 4.96. The average molecular weight is 204 g/mol. The monoisotopic (exact) mass is 204 g/mol. The van der Waals surface area contributed by atoms with Crippen LogP contribution < -0.4 is 11.1 Å². The number of ether oxygens (including phenoxy) is 1. The van der Waals surface area contributed by atoms with Crippen LogP contribution in [0.15, 0.2) is 0 Å². The zero-order valence-electron chi connectivity index (χ0n) is 8.50.